The summed E-state index contributed by atoms with van der Waals surface area (Å²) in [6, 6.07) is 0.0929. The number of hydrogen-bond donors (Lipinski definition) is 4. The van der Waals surface area contributed by atoms with Crippen molar-refractivity contribution in [2.45, 2.75) is 109 Å². The van der Waals surface area contributed by atoms with Gasteiger partial charge in [0.1, 0.15) is 0 Å². The Bertz CT molecular complexity index is 286. The van der Waals surface area contributed by atoms with Crippen molar-refractivity contribution in [3.05, 3.63) is 0 Å². The first-order valence-electron chi connectivity index (χ1n) is 9.77. The predicted octanol–water partition coefficient (Wildman–Crippen LogP) is 2.99. The summed E-state index contributed by atoms with van der Waals surface area (Å²) in [7, 11) is 0. The zero-order chi connectivity index (χ0) is 17.1. The molecule has 4 nitrogen and oxygen atoms in total. The Morgan fingerprint density at radius 2 is 1.43 bits per heavy atom. The topological polar surface area (TPSA) is 72.7 Å². The molecule has 0 amide bonds. The second-order valence-electron chi connectivity index (χ2n) is 7.73. The van der Waals surface area contributed by atoms with Crippen LogP contribution in [0.2, 0.25) is 0 Å². The molecule has 4 atom stereocenters. The van der Waals surface area contributed by atoms with E-state index in [4.69, 9.17) is 5.11 Å². The number of nitrogens with one attached hydrogen (secondary N) is 1. The molecule has 1 saturated heterocycles. The molecule has 138 valence electrons. The van der Waals surface area contributed by atoms with Crippen LogP contribution in [-0.2, 0) is 0 Å². The smallest absolute Gasteiger partial charge is 0.0868 e. The molecule has 0 saturated carbocycles. The van der Waals surface area contributed by atoms with Crippen molar-refractivity contribution >= 4 is 0 Å². The van der Waals surface area contributed by atoms with E-state index in [-0.39, 0.29) is 30.9 Å². The zero-order valence-electron chi connectivity index (χ0n) is 15.2. The van der Waals surface area contributed by atoms with Crippen molar-refractivity contribution in [2.24, 2.45) is 5.92 Å². The van der Waals surface area contributed by atoms with E-state index in [2.05, 4.69) is 19.2 Å². The highest BCUT2D eigenvalue weighted by molar-refractivity contribution is 4.97. The van der Waals surface area contributed by atoms with Gasteiger partial charge in [-0.2, -0.15) is 0 Å². The van der Waals surface area contributed by atoms with Crippen LogP contribution in [0, 0.1) is 5.92 Å². The van der Waals surface area contributed by atoms with Gasteiger partial charge in [-0.15, -0.1) is 0 Å². The first kappa shape index (κ1) is 20.9. The normalized spacial score (nSPS) is 25.6. The maximum atomic E-state index is 9.87. The van der Waals surface area contributed by atoms with Gasteiger partial charge in [-0.25, -0.2) is 0 Å². The molecular weight excluding hydrogens is 290 g/mol. The van der Waals surface area contributed by atoms with E-state index in [0.717, 1.165) is 38.5 Å². The molecule has 0 spiro atoms. The monoisotopic (exact) mass is 329 g/mol. The van der Waals surface area contributed by atoms with E-state index in [1.807, 2.05) is 0 Å². The first-order valence-corrected chi connectivity index (χ1v) is 9.77. The minimum atomic E-state index is -0.359. The van der Waals surface area contributed by atoms with Crippen LogP contribution in [0.5, 0.6) is 0 Å². The Kier molecular flexibility index (Phi) is 11.1. The average Bonchev–Trinajstić information content (AvgIpc) is 2.52. The van der Waals surface area contributed by atoms with Crippen LogP contribution in [0.4, 0.5) is 0 Å². The number of aliphatic hydroxyl groups excluding tert-OH is 3. The van der Waals surface area contributed by atoms with Gasteiger partial charge in [0.15, 0.2) is 0 Å². The van der Waals surface area contributed by atoms with Gasteiger partial charge >= 0.3 is 0 Å². The van der Waals surface area contributed by atoms with Crippen LogP contribution in [0.15, 0.2) is 0 Å². The molecule has 0 radical (unpaired) electrons. The van der Waals surface area contributed by atoms with Crippen molar-refractivity contribution in [3.63, 3.8) is 0 Å². The minimum absolute atomic E-state index is 0.0316. The zero-order valence-corrected chi connectivity index (χ0v) is 15.2. The van der Waals surface area contributed by atoms with Crippen molar-refractivity contribution in [3.8, 4) is 0 Å². The van der Waals surface area contributed by atoms with E-state index in [0.29, 0.717) is 5.92 Å². The third kappa shape index (κ3) is 9.04. The summed E-state index contributed by atoms with van der Waals surface area (Å²) < 4.78 is 0. The van der Waals surface area contributed by atoms with Gasteiger partial charge in [-0.05, 0) is 31.6 Å². The minimum Gasteiger partial charge on any atom is -0.395 e. The number of unbranched alkanes of at least 4 members (excludes halogenated alkanes) is 6. The molecule has 1 aliphatic rings. The highest BCUT2D eigenvalue weighted by atomic mass is 16.3. The fourth-order valence-corrected chi connectivity index (χ4v) is 3.35. The summed E-state index contributed by atoms with van der Waals surface area (Å²) in [5.41, 5.74) is 0. The lowest BCUT2D eigenvalue weighted by Gasteiger charge is -2.42. The molecule has 0 bridgehead atoms. The molecule has 1 aliphatic heterocycles. The van der Waals surface area contributed by atoms with Gasteiger partial charge in [-0.1, -0.05) is 58.8 Å². The molecular formula is C19H39NO3. The largest absolute Gasteiger partial charge is 0.395 e. The number of rotatable bonds is 14. The summed E-state index contributed by atoms with van der Waals surface area (Å²) in [5.74, 6) is 0.690. The van der Waals surface area contributed by atoms with Crippen LogP contribution in [0.1, 0.15) is 84.5 Å². The van der Waals surface area contributed by atoms with E-state index in [1.54, 1.807) is 0 Å². The van der Waals surface area contributed by atoms with Crippen LogP contribution < -0.4 is 5.32 Å². The van der Waals surface area contributed by atoms with E-state index >= 15 is 0 Å². The molecule has 0 aromatic rings. The van der Waals surface area contributed by atoms with Crippen LogP contribution in [0.25, 0.3) is 0 Å². The van der Waals surface area contributed by atoms with Crippen LogP contribution in [-0.4, -0.2) is 46.2 Å². The number of aliphatic hydroxyl groups is 3. The van der Waals surface area contributed by atoms with Crippen LogP contribution >= 0.6 is 0 Å². The fourth-order valence-electron chi connectivity index (χ4n) is 3.35. The van der Waals surface area contributed by atoms with Crippen molar-refractivity contribution in [1.82, 2.24) is 5.32 Å². The van der Waals surface area contributed by atoms with Gasteiger partial charge in [-0.3, -0.25) is 0 Å². The SMILES string of the molecule is CC(C)CC[C@H](O)CCCCCCCCC[C@@H]1N[C@@H](CO)[C@@H]1O. The Morgan fingerprint density at radius 1 is 0.826 bits per heavy atom. The van der Waals surface area contributed by atoms with E-state index in [9.17, 15) is 10.2 Å². The van der Waals surface area contributed by atoms with Gasteiger partial charge in [0.2, 0.25) is 0 Å². The lowest BCUT2D eigenvalue weighted by Crippen LogP contribution is -2.66. The Hall–Kier alpha value is -0.160. The van der Waals surface area contributed by atoms with Gasteiger partial charge in [0, 0.05) is 6.04 Å². The molecule has 4 N–H and O–H groups in total. The quantitative estimate of drug-likeness (QED) is 0.370. The van der Waals surface area contributed by atoms with Crippen LogP contribution in [0.3, 0.4) is 0 Å². The summed E-state index contributed by atoms with van der Waals surface area (Å²) in [6.45, 7) is 4.45. The maximum Gasteiger partial charge on any atom is 0.0868 e. The molecule has 0 aliphatic carbocycles. The van der Waals surface area contributed by atoms with Crippen molar-refractivity contribution in [2.75, 3.05) is 6.61 Å². The fraction of sp³-hybridized carbons (Fsp3) is 1.00. The summed E-state index contributed by atoms with van der Waals surface area (Å²) >= 11 is 0. The lowest BCUT2D eigenvalue weighted by molar-refractivity contribution is -0.0192. The standard InChI is InChI=1S/C19H39NO3/c1-15(2)12-13-16(22)10-8-6-4-3-5-7-9-11-17-19(23)18(14-21)20-17/h15-23H,3-14H2,1-2H3/t16-,17+,18+,19-/m1/s1. The summed E-state index contributed by atoms with van der Waals surface area (Å²) in [4.78, 5) is 0. The second-order valence-corrected chi connectivity index (χ2v) is 7.73. The average molecular weight is 330 g/mol. The highest BCUT2D eigenvalue weighted by Crippen LogP contribution is 2.19. The molecule has 0 unspecified atom stereocenters. The van der Waals surface area contributed by atoms with E-state index < -0.39 is 0 Å². The maximum absolute atomic E-state index is 9.87. The Labute approximate surface area is 142 Å². The molecule has 23 heavy (non-hydrogen) atoms. The third-order valence-corrected chi connectivity index (χ3v) is 5.08. The van der Waals surface area contributed by atoms with E-state index in [1.165, 1.54) is 32.1 Å². The summed E-state index contributed by atoms with van der Waals surface area (Å²) in [6.07, 6.45) is 12.2. The molecule has 1 rings (SSSR count). The molecule has 4 heteroatoms. The third-order valence-electron chi connectivity index (χ3n) is 5.08. The number of hydrogen-bond acceptors (Lipinski definition) is 4. The highest BCUT2D eigenvalue weighted by Gasteiger charge is 2.37. The summed E-state index contributed by atoms with van der Waals surface area (Å²) in [5, 5.41) is 31.7. The van der Waals surface area contributed by atoms with Gasteiger partial charge < -0.3 is 20.6 Å². The Morgan fingerprint density at radius 3 is 2.00 bits per heavy atom. The molecule has 0 aromatic carbocycles. The molecule has 0 aromatic heterocycles. The Balaban J connectivity index is 1.80. The lowest BCUT2D eigenvalue weighted by atomic mass is 9.89. The molecule has 1 fully saturated rings. The van der Waals surface area contributed by atoms with Crippen molar-refractivity contribution in [1.29, 1.82) is 0 Å². The first-order chi connectivity index (χ1) is 11.0. The molecule has 1 heterocycles. The second kappa shape index (κ2) is 12.2. The van der Waals surface area contributed by atoms with Gasteiger partial charge in [0.25, 0.3) is 0 Å². The predicted molar refractivity (Wildman–Crippen MR) is 95.4 cm³/mol. The van der Waals surface area contributed by atoms with Crippen molar-refractivity contribution < 1.29 is 15.3 Å². The van der Waals surface area contributed by atoms with Gasteiger partial charge in [0.05, 0.1) is 24.9 Å².